The number of benzene rings is 8. The van der Waals surface area contributed by atoms with Gasteiger partial charge in [0, 0.05) is 17.3 Å². The van der Waals surface area contributed by atoms with E-state index in [1.165, 1.54) is 102 Å². The first kappa shape index (κ1) is 29.5. The van der Waals surface area contributed by atoms with E-state index in [-0.39, 0.29) is 11.0 Å². The topological polar surface area (TPSA) is 3.24 Å². The highest BCUT2D eigenvalue weighted by atomic mass is 15.3. The van der Waals surface area contributed by atoms with Gasteiger partial charge < -0.3 is 4.90 Å². The van der Waals surface area contributed by atoms with Crippen LogP contribution in [0.1, 0.15) is 51.5 Å². The maximum Gasteiger partial charge on any atom is 0.0543 e. The van der Waals surface area contributed by atoms with Crippen molar-refractivity contribution in [3.05, 3.63) is 157 Å². The van der Waals surface area contributed by atoms with E-state index in [4.69, 9.17) is 0 Å². The number of fused-ring (bicyclic) bond motifs is 3. The van der Waals surface area contributed by atoms with Crippen molar-refractivity contribution in [2.24, 2.45) is 5.41 Å². The van der Waals surface area contributed by atoms with Gasteiger partial charge in [0.05, 0.1) is 5.54 Å². The summed E-state index contributed by atoms with van der Waals surface area (Å²) < 4.78 is 0. The van der Waals surface area contributed by atoms with Gasteiger partial charge in [-0.1, -0.05) is 142 Å². The molecule has 50 heavy (non-hydrogen) atoms. The van der Waals surface area contributed by atoms with Crippen molar-refractivity contribution < 1.29 is 0 Å². The van der Waals surface area contributed by atoms with Crippen LogP contribution in [0.2, 0.25) is 0 Å². The molecule has 10 rings (SSSR count). The Bertz CT molecular complexity index is 2550. The third-order valence-electron chi connectivity index (χ3n) is 12.7. The van der Waals surface area contributed by atoms with E-state index in [0.717, 1.165) is 0 Å². The first-order chi connectivity index (χ1) is 24.4. The molecular formula is C49H41N. The summed E-state index contributed by atoms with van der Waals surface area (Å²) in [6, 6.07) is 56.9. The van der Waals surface area contributed by atoms with Gasteiger partial charge in [-0.2, -0.15) is 0 Å². The SMILES string of the molecule is CC1(C)CCCC2c3cc(-c4cc(-c5ccccc5)c5ccc6ccc(-c7ccccc7)c7ccc4c5c67)ccc3N(c3ccccc3)C21C. The summed E-state index contributed by atoms with van der Waals surface area (Å²) in [6.07, 6.45) is 3.72. The second kappa shape index (κ2) is 10.8. The Labute approximate surface area is 295 Å². The van der Waals surface area contributed by atoms with Crippen LogP contribution in [0.3, 0.4) is 0 Å². The second-order valence-corrected chi connectivity index (χ2v) is 15.5. The van der Waals surface area contributed by atoms with Gasteiger partial charge in [-0.25, -0.2) is 0 Å². The molecule has 1 saturated carbocycles. The van der Waals surface area contributed by atoms with Crippen molar-refractivity contribution in [1.82, 2.24) is 0 Å². The van der Waals surface area contributed by atoms with Crippen molar-refractivity contribution in [3.63, 3.8) is 0 Å². The number of anilines is 2. The summed E-state index contributed by atoms with van der Waals surface area (Å²) in [7, 11) is 0. The van der Waals surface area contributed by atoms with Gasteiger partial charge >= 0.3 is 0 Å². The van der Waals surface area contributed by atoms with E-state index >= 15 is 0 Å². The highest BCUT2D eigenvalue weighted by molar-refractivity contribution is 6.30. The maximum absolute atomic E-state index is 2.70. The molecule has 2 unspecified atom stereocenters. The molecule has 0 spiro atoms. The molecule has 0 radical (unpaired) electrons. The molecule has 0 bridgehead atoms. The van der Waals surface area contributed by atoms with Crippen molar-refractivity contribution in [1.29, 1.82) is 0 Å². The molecule has 8 aromatic rings. The Kier molecular flexibility index (Phi) is 6.37. The molecule has 1 nitrogen and oxygen atoms in total. The van der Waals surface area contributed by atoms with Crippen molar-refractivity contribution in [3.8, 4) is 33.4 Å². The molecule has 1 heteroatoms. The monoisotopic (exact) mass is 643 g/mol. The summed E-state index contributed by atoms with van der Waals surface area (Å²) in [5.74, 6) is 0.461. The molecule has 1 aliphatic carbocycles. The van der Waals surface area contributed by atoms with Crippen LogP contribution in [0.4, 0.5) is 11.4 Å². The second-order valence-electron chi connectivity index (χ2n) is 15.5. The van der Waals surface area contributed by atoms with Crippen molar-refractivity contribution in [2.75, 3.05) is 4.90 Å². The molecule has 0 N–H and O–H groups in total. The number of rotatable bonds is 4. The normalized spacial score (nSPS) is 19.7. The molecule has 1 aliphatic heterocycles. The smallest absolute Gasteiger partial charge is 0.0543 e. The van der Waals surface area contributed by atoms with Gasteiger partial charge in [0.15, 0.2) is 0 Å². The molecule has 2 aliphatic rings. The average Bonchev–Trinajstić information content (AvgIpc) is 3.43. The van der Waals surface area contributed by atoms with Gasteiger partial charge in [-0.05, 0) is 127 Å². The number of hydrogen-bond acceptors (Lipinski definition) is 1. The van der Waals surface area contributed by atoms with Crippen LogP contribution in [-0.4, -0.2) is 5.54 Å². The van der Waals surface area contributed by atoms with Crippen molar-refractivity contribution >= 4 is 43.7 Å². The molecule has 0 saturated heterocycles. The van der Waals surface area contributed by atoms with Crippen LogP contribution >= 0.6 is 0 Å². The Morgan fingerprint density at radius 3 is 1.80 bits per heavy atom. The minimum Gasteiger partial charge on any atom is -0.334 e. The fraction of sp³-hybridized carbons (Fsp3) is 0.184. The quantitative estimate of drug-likeness (QED) is 0.173. The van der Waals surface area contributed by atoms with Crippen LogP contribution in [0.25, 0.3) is 65.7 Å². The lowest BCUT2D eigenvalue weighted by atomic mass is 9.58. The van der Waals surface area contributed by atoms with Gasteiger partial charge in [-0.3, -0.25) is 0 Å². The van der Waals surface area contributed by atoms with Crippen molar-refractivity contribution in [2.45, 2.75) is 51.5 Å². The largest absolute Gasteiger partial charge is 0.334 e. The molecule has 8 aromatic carbocycles. The Morgan fingerprint density at radius 1 is 0.520 bits per heavy atom. The summed E-state index contributed by atoms with van der Waals surface area (Å²) >= 11 is 0. The summed E-state index contributed by atoms with van der Waals surface area (Å²) in [6.45, 7) is 7.54. The number of para-hydroxylation sites is 1. The zero-order valence-corrected chi connectivity index (χ0v) is 29.1. The van der Waals surface area contributed by atoms with E-state index in [1.54, 1.807) is 0 Å². The zero-order valence-electron chi connectivity index (χ0n) is 29.1. The fourth-order valence-corrected chi connectivity index (χ4v) is 9.97. The molecule has 242 valence electrons. The van der Waals surface area contributed by atoms with Crippen LogP contribution in [0.15, 0.2) is 152 Å². The minimum atomic E-state index is -0.0146. The van der Waals surface area contributed by atoms with Gasteiger partial charge in [-0.15, -0.1) is 0 Å². The van der Waals surface area contributed by atoms with Crippen LogP contribution in [0, 0.1) is 5.41 Å². The Balaban J connectivity index is 1.26. The molecule has 0 aromatic heterocycles. The van der Waals surface area contributed by atoms with Crippen LogP contribution < -0.4 is 4.90 Å². The molecular weight excluding hydrogens is 603 g/mol. The molecule has 0 amide bonds. The van der Waals surface area contributed by atoms with Crippen LogP contribution in [0.5, 0.6) is 0 Å². The standard InChI is InChI=1S/C49H41N/c1-48(2)29-13-20-44-43-30-35(23-28-45(43)50(49(44,48)3)36-18-11-6-12-19-36)42-31-41(33-16-9-5-10-17-33)39-25-22-34-21-24-37(32-14-7-4-8-15-32)38-26-27-40(42)47(39)46(34)38/h4-12,14-19,21-28,30-31,44H,13,20,29H2,1-3H3. The highest BCUT2D eigenvalue weighted by Gasteiger charge is 2.58. The molecule has 1 fully saturated rings. The predicted octanol–water partition coefficient (Wildman–Crippen LogP) is 13.8. The summed E-state index contributed by atoms with van der Waals surface area (Å²) in [5, 5.41) is 7.98. The molecule has 2 atom stereocenters. The lowest BCUT2D eigenvalue weighted by molar-refractivity contribution is 0.101. The lowest BCUT2D eigenvalue weighted by Crippen LogP contribution is -2.56. The van der Waals surface area contributed by atoms with Gasteiger partial charge in [0.2, 0.25) is 0 Å². The summed E-state index contributed by atoms with van der Waals surface area (Å²) in [4.78, 5) is 2.70. The van der Waals surface area contributed by atoms with E-state index in [0.29, 0.717) is 5.92 Å². The van der Waals surface area contributed by atoms with Crippen LogP contribution in [-0.2, 0) is 0 Å². The maximum atomic E-state index is 2.70. The number of nitrogens with zero attached hydrogens (tertiary/aromatic N) is 1. The lowest BCUT2D eigenvalue weighted by Gasteiger charge is -2.55. The third-order valence-corrected chi connectivity index (χ3v) is 12.7. The predicted molar refractivity (Wildman–Crippen MR) is 214 cm³/mol. The van der Waals surface area contributed by atoms with Gasteiger partial charge in [0.25, 0.3) is 0 Å². The Morgan fingerprint density at radius 2 is 1.10 bits per heavy atom. The zero-order chi connectivity index (χ0) is 33.6. The number of hydrogen-bond donors (Lipinski definition) is 0. The highest BCUT2D eigenvalue weighted by Crippen LogP contribution is 2.63. The average molecular weight is 644 g/mol. The molecule has 1 heterocycles. The van der Waals surface area contributed by atoms with E-state index in [2.05, 4.69) is 177 Å². The summed E-state index contributed by atoms with van der Waals surface area (Å²) in [5.41, 5.74) is 12.0. The van der Waals surface area contributed by atoms with E-state index in [1.807, 2.05) is 0 Å². The first-order valence-corrected chi connectivity index (χ1v) is 18.3. The van der Waals surface area contributed by atoms with E-state index in [9.17, 15) is 0 Å². The van der Waals surface area contributed by atoms with E-state index < -0.39 is 0 Å². The minimum absolute atomic E-state index is 0.0146. The third kappa shape index (κ3) is 4.07. The van der Waals surface area contributed by atoms with Gasteiger partial charge in [0.1, 0.15) is 0 Å². The first-order valence-electron chi connectivity index (χ1n) is 18.3. The Hall–Kier alpha value is -5.40. The fourth-order valence-electron chi connectivity index (χ4n) is 9.97.